The lowest BCUT2D eigenvalue weighted by molar-refractivity contribution is 0.0715. The number of ether oxygens (including phenoxy) is 1. The standard InChI is InChI=1S/C24H24FN3O3/c1-16-20(14-17-8-9-18(31-2)15-22(17)26-16)24(30)28-11-5-10-27(12-13-28)23(29)19-6-3-4-7-21(19)25/h3-4,6-9,14-15H,5,10-13H2,1-2H3. The molecule has 31 heavy (non-hydrogen) atoms. The molecule has 3 aromatic rings. The van der Waals surface area contributed by atoms with Gasteiger partial charge in [0.1, 0.15) is 11.6 Å². The first kappa shape index (κ1) is 20.8. The van der Waals surface area contributed by atoms with E-state index in [9.17, 15) is 14.0 Å². The zero-order valence-corrected chi connectivity index (χ0v) is 17.6. The number of halogens is 1. The molecule has 0 saturated carbocycles. The van der Waals surface area contributed by atoms with E-state index in [2.05, 4.69) is 4.98 Å². The summed E-state index contributed by atoms with van der Waals surface area (Å²) in [5, 5.41) is 0.862. The number of hydrogen-bond acceptors (Lipinski definition) is 4. The van der Waals surface area contributed by atoms with E-state index in [1.807, 2.05) is 31.2 Å². The van der Waals surface area contributed by atoms with Gasteiger partial charge >= 0.3 is 0 Å². The van der Waals surface area contributed by atoms with Crippen molar-refractivity contribution >= 4 is 22.7 Å². The molecule has 0 aliphatic carbocycles. The fourth-order valence-corrected chi connectivity index (χ4v) is 3.89. The summed E-state index contributed by atoms with van der Waals surface area (Å²) in [5.74, 6) is -0.266. The molecule has 1 saturated heterocycles. The number of rotatable bonds is 3. The van der Waals surface area contributed by atoms with Crippen molar-refractivity contribution in [3.8, 4) is 5.75 Å². The van der Waals surface area contributed by atoms with Crippen LogP contribution in [0.2, 0.25) is 0 Å². The SMILES string of the molecule is COc1ccc2cc(C(=O)N3CCCN(C(=O)c4ccccc4F)CC3)c(C)nc2c1. The summed E-state index contributed by atoms with van der Waals surface area (Å²) in [4.78, 5) is 33.9. The molecule has 1 aromatic heterocycles. The van der Waals surface area contributed by atoms with Gasteiger partial charge in [-0.2, -0.15) is 0 Å². The highest BCUT2D eigenvalue weighted by Gasteiger charge is 2.26. The summed E-state index contributed by atoms with van der Waals surface area (Å²) in [7, 11) is 1.60. The van der Waals surface area contributed by atoms with Crippen LogP contribution in [0.15, 0.2) is 48.5 Å². The van der Waals surface area contributed by atoms with Crippen molar-refractivity contribution < 1.29 is 18.7 Å². The quantitative estimate of drug-likeness (QED) is 0.647. The van der Waals surface area contributed by atoms with Crippen molar-refractivity contribution in [1.82, 2.24) is 14.8 Å². The summed E-state index contributed by atoms with van der Waals surface area (Å²) < 4.78 is 19.3. The molecule has 1 aliphatic rings. The maximum absolute atomic E-state index is 14.0. The Balaban J connectivity index is 1.52. The summed E-state index contributed by atoms with van der Waals surface area (Å²) in [6.07, 6.45) is 0.628. The number of amides is 2. The van der Waals surface area contributed by atoms with Crippen molar-refractivity contribution in [2.24, 2.45) is 0 Å². The highest BCUT2D eigenvalue weighted by atomic mass is 19.1. The maximum Gasteiger partial charge on any atom is 0.256 e. The van der Waals surface area contributed by atoms with Gasteiger partial charge in [0.15, 0.2) is 0 Å². The third-order valence-electron chi connectivity index (χ3n) is 5.62. The number of aromatic nitrogens is 1. The Morgan fingerprint density at radius 2 is 1.61 bits per heavy atom. The number of benzene rings is 2. The minimum absolute atomic E-state index is 0.0623. The van der Waals surface area contributed by atoms with Gasteiger partial charge in [-0.1, -0.05) is 12.1 Å². The lowest BCUT2D eigenvalue weighted by atomic mass is 10.1. The molecule has 0 N–H and O–H groups in total. The van der Waals surface area contributed by atoms with Crippen molar-refractivity contribution in [1.29, 1.82) is 0 Å². The number of methoxy groups -OCH3 is 1. The summed E-state index contributed by atoms with van der Waals surface area (Å²) in [5.41, 5.74) is 2.03. The van der Waals surface area contributed by atoms with Gasteiger partial charge in [0.05, 0.1) is 29.4 Å². The molecule has 2 aromatic carbocycles. The minimum Gasteiger partial charge on any atom is -0.497 e. The average Bonchev–Trinajstić information content (AvgIpc) is 3.04. The van der Waals surface area contributed by atoms with Crippen LogP contribution in [0.1, 0.15) is 32.8 Å². The Labute approximate surface area is 180 Å². The molecular weight excluding hydrogens is 397 g/mol. The van der Waals surface area contributed by atoms with Crippen LogP contribution in [0.5, 0.6) is 5.75 Å². The number of carbonyl (C=O) groups excluding carboxylic acids is 2. The normalized spacial score (nSPS) is 14.4. The number of fused-ring (bicyclic) bond motifs is 1. The molecule has 0 spiro atoms. The molecule has 2 heterocycles. The largest absolute Gasteiger partial charge is 0.497 e. The summed E-state index contributed by atoms with van der Waals surface area (Å²) in [6, 6.07) is 13.4. The molecule has 6 nitrogen and oxygen atoms in total. The number of pyridine rings is 1. The van der Waals surface area contributed by atoms with Crippen LogP contribution in [0.25, 0.3) is 10.9 Å². The molecule has 0 bridgehead atoms. The van der Waals surface area contributed by atoms with E-state index in [1.165, 1.54) is 12.1 Å². The monoisotopic (exact) mass is 421 g/mol. The maximum atomic E-state index is 14.0. The van der Waals surface area contributed by atoms with Crippen molar-refractivity contribution in [3.63, 3.8) is 0 Å². The van der Waals surface area contributed by atoms with Gasteiger partial charge in [0, 0.05) is 37.6 Å². The number of hydrogen-bond donors (Lipinski definition) is 0. The van der Waals surface area contributed by atoms with E-state index in [0.717, 1.165) is 10.9 Å². The van der Waals surface area contributed by atoms with E-state index < -0.39 is 5.82 Å². The van der Waals surface area contributed by atoms with E-state index in [-0.39, 0.29) is 17.4 Å². The topological polar surface area (TPSA) is 62.7 Å². The molecule has 0 radical (unpaired) electrons. The van der Waals surface area contributed by atoms with Crippen molar-refractivity contribution in [2.45, 2.75) is 13.3 Å². The van der Waals surface area contributed by atoms with Crippen LogP contribution < -0.4 is 4.74 Å². The third-order valence-corrected chi connectivity index (χ3v) is 5.62. The predicted molar refractivity (Wildman–Crippen MR) is 116 cm³/mol. The Bertz CT molecular complexity index is 1150. The second-order valence-corrected chi connectivity index (χ2v) is 7.60. The van der Waals surface area contributed by atoms with E-state index in [0.29, 0.717) is 49.6 Å². The van der Waals surface area contributed by atoms with Gasteiger partial charge in [0.2, 0.25) is 0 Å². The minimum atomic E-state index is -0.529. The molecule has 7 heteroatoms. The van der Waals surface area contributed by atoms with Crippen LogP contribution in [0.3, 0.4) is 0 Å². The highest BCUT2D eigenvalue weighted by molar-refractivity contribution is 5.99. The lowest BCUT2D eigenvalue weighted by Crippen LogP contribution is -2.37. The zero-order valence-electron chi connectivity index (χ0n) is 17.6. The van der Waals surface area contributed by atoms with E-state index >= 15 is 0 Å². The van der Waals surface area contributed by atoms with Crippen molar-refractivity contribution in [2.75, 3.05) is 33.3 Å². The second kappa shape index (κ2) is 8.71. The number of aryl methyl sites for hydroxylation is 1. The Hall–Kier alpha value is -3.48. The molecule has 4 rings (SSSR count). The zero-order chi connectivity index (χ0) is 22.0. The number of nitrogens with zero attached hydrogens (tertiary/aromatic N) is 3. The Morgan fingerprint density at radius 1 is 0.935 bits per heavy atom. The average molecular weight is 421 g/mol. The first-order valence-corrected chi connectivity index (χ1v) is 10.3. The van der Waals surface area contributed by atoms with Crippen LogP contribution in [-0.4, -0.2) is 59.9 Å². The smallest absolute Gasteiger partial charge is 0.256 e. The first-order chi connectivity index (χ1) is 15.0. The second-order valence-electron chi connectivity index (χ2n) is 7.60. The number of carbonyl (C=O) groups is 2. The van der Waals surface area contributed by atoms with Crippen LogP contribution in [0, 0.1) is 12.7 Å². The molecule has 0 atom stereocenters. The fourth-order valence-electron chi connectivity index (χ4n) is 3.89. The first-order valence-electron chi connectivity index (χ1n) is 10.3. The molecular formula is C24H24FN3O3. The van der Waals surface area contributed by atoms with Crippen LogP contribution >= 0.6 is 0 Å². The van der Waals surface area contributed by atoms with Gasteiger partial charge in [-0.3, -0.25) is 14.6 Å². The van der Waals surface area contributed by atoms with Crippen LogP contribution in [0.4, 0.5) is 4.39 Å². The molecule has 1 aliphatic heterocycles. The Kier molecular flexibility index (Phi) is 5.84. The van der Waals surface area contributed by atoms with Crippen molar-refractivity contribution in [3.05, 3.63) is 71.2 Å². The van der Waals surface area contributed by atoms with Crippen LogP contribution in [-0.2, 0) is 0 Å². The van der Waals surface area contributed by atoms with Gasteiger partial charge in [-0.25, -0.2) is 4.39 Å². The summed E-state index contributed by atoms with van der Waals surface area (Å²) >= 11 is 0. The van der Waals surface area contributed by atoms with Gasteiger partial charge in [-0.05, 0) is 43.7 Å². The molecule has 160 valence electrons. The van der Waals surface area contributed by atoms with Gasteiger partial charge < -0.3 is 14.5 Å². The lowest BCUT2D eigenvalue weighted by Gasteiger charge is -2.23. The Morgan fingerprint density at radius 3 is 2.29 bits per heavy atom. The molecule has 2 amide bonds. The third kappa shape index (κ3) is 4.21. The van der Waals surface area contributed by atoms with Gasteiger partial charge in [0.25, 0.3) is 11.8 Å². The fraction of sp³-hybridized carbons (Fsp3) is 0.292. The predicted octanol–water partition coefficient (Wildman–Crippen LogP) is 3.68. The van der Waals surface area contributed by atoms with Gasteiger partial charge in [-0.15, -0.1) is 0 Å². The molecule has 0 unspecified atom stereocenters. The highest BCUT2D eigenvalue weighted by Crippen LogP contribution is 2.23. The molecule has 1 fully saturated rings. The van der Waals surface area contributed by atoms with E-state index in [4.69, 9.17) is 4.74 Å². The van der Waals surface area contributed by atoms with E-state index in [1.54, 1.807) is 29.0 Å². The summed E-state index contributed by atoms with van der Waals surface area (Å²) in [6.45, 7) is 3.57.